The molecule has 0 heterocycles. The first-order valence-electron chi connectivity index (χ1n) is 8.71. The van der Waals surface area contributed by atoms with Gasteiger partial charge in [0.1, 0.15) is 0 Å². The molecular weight excluding hydrogens is 288 g/mol. The van der Waals surface area contributed by atoms with Crippen LogP contribution in [0.15, 0.2) is 35.5 Å². The van der Waals surface area contributed by atoms with Crippen LogP contribution in [0.2, 0.25) is 0 Å². The second-order valence-corrected chi connectivity index (χ2v) is 7.73. The van der Waals surface area contributed by atoms with Crippen molar-refractivity contribution in [3.05, 3.63) is 35.5 Å². The van der Waals surface area contributed by atoms with E-state index in [2.05, 4.69) is 26.8 Å². The van der Waals surface area contributed by atoms with Crippen LogP contribution in [0.25, 0.3) is 0 Å². The van der Waals surface area contributed by atoms with Crippen LogP contribution in [0.4, 0.5) is 0 Å². The summed E-state index contributed by atoms with van der Waals surface area (Å²) >= 11 is 0. The molecule has 1 aliphatic carbocycles. The van der Waals surface area contributed by atoms with Crippen molar-refractivity contribution in [1.29, 1.82) is 0 Å². The Labute approximate surface area is 141 Å². The number of aliphatic hydroxyl groups excluding tert-OH is 2. The highest BCUT2D eigenvalue weighted by Gasteiger charge is 2.22. The second-order valence-electron chi connectivity index (χ2n) is 7.73. The minimum Gasteiger partial charge on any atom is -0.389 e. The van der Waals surface area contributed by atoms with Crippen molar-refractivity contribution in [3.8, 4) is 0 Å². The third kappa shape index (κ3) is 7.96. The molecule has 0 radical (unpaired) electrons. The van der Waals surface area contributed by atoms with Crippen LogP contribution in [0.1, 0.15) is 60.3 Å². The van der Waals surface area contributed by atoms with Gasteiger partial charge in [0.2, 0.25) is 0 Å². The van der Waals surface area contributed by atoms with Gasteiger partial charge in [0.15, 0.2) is 0 Å². The Hall–Kier alpha value is -0.900. The SMILES string of the molecule is CC1=CC(O)CC(C)=CC(O)CC(C)(O)C=CC(C(C)C)CC1. The van der Waals surface area contributed by atoms with Crippen molar-refractivity contribution < 1.29 is 15.3 Å². The van der Waals surface area contributed by atoms with E-state index in [-0.39, 0.29) is 6.42 Å². The Bertz CT molecular complexity index is 458. The zero-order valence-electron chi connectivity index (χ0n) is 15.3. The number of hydrogen-bond acceptors (Lipinski definition) is 3. The Balaban J connectivity index is 3.05. The monoisotopic (exact) mass is 322 g/mol. The van der Waals surface area contributed by atoms with Gasteiger partial charge in [-0.05, 0) is 51.9 Å². The summed E-state index contributed by atoms with van der Waals surface area (Å²) in [5, 5.41) is 30.8. The first kappa shape index (κ1) is 20.1. The van der Waals surface area contributed by atoms with E-state index in [1.807, 2.05) is 19.1 Å². The number of hydrogen-bond donors (Lipinski definition) is 3. The van der Waals surface area contributed by atoms with Crippen LogP contribution in [0.3, 0.4) is 0 Å². The van der Waals surface area contributed by atoms with E-state index in [4.69, 9.17) is 0 Å². The predicted octanol–water partition coefficient (Wildman–Crippen LogP) is 3.75. The molecule has 0 aromatic rings. The molecule has 1 aliphatic rings. The molecule has 0 saturated heterocycles. The molecule has 0 saturated carbocycles. The summed E-state index contributed by atoms with van der Waals surface area (Å²) in [7, 11) is 0. The highest BCUT2D eigenvalue weighted by atomic mass is 16.3. The minimum atomic E-state index is -1.03. The first-order chi connectivity index (χ1) is 10.6. The predicted molar refractivity (Wildman–Crippen MR) is 96.1 cm³/mol. The van der Waals surface area contributed by atoms with Crippen molar-refractivity contribution in [2.75, 3.05) is 0 Å². The van der Waals surface area contributed by atoms with Gasteiger partial charge in [-0.15, -0.1) is 0 Å². The largest absolute Gasteiger partial charge is 0.389 e. The molecule has 3 heteroatoms. The van der Waals surface area contributed by atoms with E-state index in [0.717, 1.165) is 18.4 Å². The fourth-order valence-electron chi connectivity index (χ4n) is 3.12. The average Bonchev–Trinajstić information content (AvgIpc) is 2.35. The maximum absolute atomic E-state index is 10.5. The molecule has 0 aliphatic heterocycles. The van der Waals surface area contributed by atoms with E-state index < -0.39 is 17.8 Å². The standard InChI is InChI=1S/C20H34O3/c1-14(2)17-7-6-15(3)10-18(21)11-16(4)12-19(22)13-20(5,23)9-8-17/h8-10,12,14,17-19,21-23H,6-7,11,13H2,1-5H3. The lowest BCUT2D eigenvalue weighted by atomic mass is 9.86. The molecule has 3 nitrogen and oxygen atoms in total. The lowest BCUT2D eigenvalue weighted by molar-refractivity contribution is 0.0564. The van der Waals surface area contributed by atoms with Crippen LogP contribution >= 0.6 is 0 Å². The summed E-state index contributed by atoms with van der Waals surface area (Å²) in [4.78, 5) is 0. The maximum atomic E-state index is 10.5. The molecule has 1 rings (SSSR count). The molecule has 0 aromatic carbocycles. The molecule has 23 heavy (non-hydrogen) atoms. The van der Waals surface area contributed by atoms with Crippen molar-refractivity contribution >= 4 is 0 Å². The van der Waals surface area contributed by atoms with E-state index in [1.165, 1.54) is 5.57 Å². The van der Waals surface area contributed by atoms with Crippen LogP contribution in [0, 0.1) is 11.8 Å². The summed E-state index contributed by atoms with van der Waals surface area (Å²) in [6.45, 7) is 10.1. The van der Waals surface area contributed by atoms with Crippen LogP contribution < -0.4 is 0 Å². The minimum absolute atomic E-state index is 0.261. The van der Waals surface area contributed by atoms with Gasteiger partial charge >= 0.3 is 0 Å². The van der Waals surface area contributed by atoms with Gasteiger partial charge in [-0.1, -0.05) is 49.3 Å². The highest BCUT2D eigenvalue weighted by Crippen LogP contribution is 2.25. The topological polar surface area (TPSA) is 60.7 Å². The lowest BCUT2D eigenvalue weighted by Crippen LogP contribution is -2.27. The molecule has 0 aromatic heterocycles. The Kier molecular flexibility index (Phi) is 7.72. The summed E-state index contributed by atoms with van der Waals surface area (Å²) in [6.07, 6.45) is 9.06. The van der Waals surface area contributed by atoms with E-state index >= 15 is 0 Å². The van der Waals surface area contributed by atoms with Crippen LogP contribution in [0.5, 0.6) is 0 Å². The Morgan fingerprint density at radius 2 is 1.70 bits per heavy atom. The number of allylic oxidation sites excluding steroid dienone is 2. The van der Waals surface area contributed by atoms with E-state index in [1.54, 1.807) is 13.0 Å². The second kappa shape index (κ2) is 8.81. The zero-order valence-corrected chi connectivity index (χ0v) is 15.3. The van der Waals surface area contributed by atoms with Gasteiger partial charge in [0.05, 0.1) is 17.8 Å². The fraction of sp³-hybridized carbons (Fsp3) is 0.700. The fourth-order valence-corrected chi connectivity index (χ4v) is 3.12. The molecule has 0 spiro atoms. The Morgan fingerprint density at radius 3 is 2.30 bits per heavy atom. The zero-order chi connectivity index (χ0) is 17.6. The summed E-state index contributed by atoms with van der Waals surface area (Å²) in [5.74, 6) is 0.860. The smallest absolute Gasteiger partial charge is 0.0827 e. The molecule has 4 atom stereocenters. The average molecular weight is 322 g/mol. The summed E-state index contributed by atoms with van der Waals surface area (Å²) < 4.78 is 0. The molecule has 0 fully saturated rings. The van der Waals surface area contributed by atoms with Crippen LogP contribution in [-0.2, 0) is 0 Å². The summed E-state index contributed by atoms with van der Waals surface area (Å²) in [5.41, 5.74) is 1.09. The maximum Gasteiger partial charge on any atom is 0.0827 e. The first-order valence-corrected chi connectivity index (χ1v) is 8.71. The molecule has 3 N–H and O–H groups in total. The normalized spacial score (nSPS) is 34.7. The van der Waals surface area contributed by atoms with Gasteiger partial charge in [0, 0.05) is 6.42 Å². The van der Waals surface area contributed by atoms with Crippen molar-refractivity contribution in [3.63, 3.8) is 0 Å². The van der Waals surface area contributed by atoms with Crippen LogP contribution in [-0.4, -0.2) is 33.1 Å². The van der Waals surface area contributed by atoms with Crippen molar-refractivity contribution in [2.24, 2.45) is 11.8 Å². The molecule has 4 unspecified atom stereocenters. The third-order valence-corrected chi connectivity index (χ3v) is 4.54. The van der Waals surface area contributed by atoms with Gasteiger partial charge in [-0.25, -0.2) is 0 Å². The van der Waals surface area contributed by atoms with Gasteiger partial charge in [-0.2, -0.15) is 0 Å². The third-order valence-electron chi connectivity index (χ3n) is 4.54. The van der Waals surface area contributed by atoms with E-state index in [9.17, 15) is 15.3 Å². The Morgan fingerprint density at radius 1 is 1.09 bits per heavy atom. The van der Waals surface area contributed by atoms with Gasteiger partial charge in [-0.3, -0.25) is 0 Å². The van der Waals surface area contributed by atoms with Crippen molar-refractivity contribution in [1.82, 2.24) is 0 Å². The molecule has 0 bridgehead atoms. The van der Waals surface area contributed by atoms with Crippen molar-refractivity contribution in [2.45, 2.75) is 78.1 Å². The number of aliphatic hydroxyl groups is 3. The van der Waals surface area contributed by atoms with Gasteiger partial charge < -0.3 is 15.3 Å². The summed E-state index contributed by atoms with van der Waals surface area (Å²) in [6, 6.07) is 0. The molecular formula is C20H34O3. The van der Waals surface area contributed by atoms with E-state index in [0.29, 0.717) is 18.3 Å². The molecule has 0 amide bonds. The number of rotatable bonds is 1. The lowest BCUT2D eigenvalue weighted by Gasteiger charge is -2.24. The van der Waals surface area contributed by atoms with Gasteiger partial charge in [0.25, 0.3) is 0 Å². The quantitative estimate of drug-likeness (QED) is 0.644. The highest BCUT2D eigenvalue weighted by molar-refractivity contribution is 5.12. The molecule has 132 valence electrons.